The number of morpholine rings is 1. The predicted molar refractivity (Wildman–Crippen MR) is 84.0 cm³/mol. The Balaban J connectivity index is 2.54. The molecular formula is C16H34N2O2. The zero-order chi connectivity index (χ0) is 15.0. The number of rotatable bonds is 9. The first-order valence-corrected chi connectivity index (χ1v) is 8.22. The molecule has 0 aromatic carbocycles. The quantitative estimate of drug-likeness (QED) is 0.635. The van der Waals surface area contributed by atoms with Gasteiger partial charge in [-0.05, 0) is 31.7 Å². The zero-order valence-corrected chi connectivity index (χ0v) is 13.8. The molecule has 0 bridgehead atoms. The smallest absolute Gasteiger partial charge is 0.0936 e. The molecule has 1 fully saturated rings. The van der Waals surface area contributed by atoms with Gasteiger partial charge in [0.25, 0.3) is 0 Å². The molecule has 2 N–H and O–H groups in total. The van der Waals surface area contributed by atoms with Crippen LogP contribution in [-0.2, 0) is 4.74 Å². The summed E-state index contributed by atoms with van der Waals surface area (Å²) in [6.07, 6.45) is 3.83. The first kappa shape index (κ1) is 17.9. The highest BCUT2D eigenvalue weighted by atomic mass is 16.5. The van der Waals surface area contributed by atoms with Gasteiger partial charge in [-0.25, -0.2) is 0 Å². The Morgan fingerprint density at radius 3 is 2.65 bits per heavy atom. The summed E-state index contributed by atoms with van der Waals surface area (Å²) in [5, 5.41) is 12.9. The van der Waals surface area contributed by atoms with Gasteiger partial charge in [0, 0.05) is 26.2 Å². The summed E-state index contributed by atoms with van der Waals surface area (Å²) in [6.45, 7) is 14.2. The summed E-state index contributed by atoms with van der Waals surface area (Å²) in [5.74, 6) is 0. The van der Waals surface area contributed by atoms with Crippen molar-refractivity contribution in [1.82, 2.24) is 10.2 Å². The second-order valence-electron chi connectivity index (χ2n) is 6.68. The van der Waals surface area contributed by atoms with E-state index in [1.54, 1.807) is 0 Å². The van der Waals surface area contributed by atoms with Crippen LogP contribution in [0.5, 0.6) is 0 Å². The van der Waals surface area contributed by atoms with Crippen LogP contribution < -0.4 is 5.32 Å². The fourth-order valence-corrected chi connectivity index (χ4v) is 3.30. The van der Waals surface area contributed by atoms with Crippen LogP contribution in [0.25, 0.3) is 0 Å². The summed E-state index contributed by atoms with van der Waals surface area (Å²) in [7, 11) is 0. The van der Waals surface area contributed by atoms with Gasteiger partial charge in [-0.2, -0.15) is 0 Å². The standard InChI is InChI=1S/C16H34N2O2/c1-5-7-16(4,12-17-8-6-2)13-18-9-14(3)20-15(10-18)11-19/h14-15,17,19H,5-13H2,1-4H3. The lowest BCUT2D eigenvalue weighted by atomic mass is 9.84. The Morgan fingerprint density at radius 2 is 2.05 bits per heavy atom. The summed E-state index contributed by atoms with van der Waals surface area (Å²) >= 11 is 0. The van der Waals surface area contributed by atoms with Crippen molar-refractivity contribution in [3.8, 4) is 0 Å². The van der Waals surface area contributed by atoms with Crippen LogP contribution in [0.1, 0.15) is 47.0 Å². The van der Waals surface area contributed by atoms with Crippen molar-refractivity contribution in [3.63, 3.8) is 0 Å². The maximum absolute atomic E-state index is 9.34. The number of hydrogen-bond acceptors (Lipinski definition) is 4. The van der Waals surface area contributed by atoms with Crippen LogP contribution in [0, 0.1) is 5.41 Å². The maximum atomic E-state index is 9.34. The molecule has 0 aliphatic carbocycles. The number of nitrogens with zero attached hydrogens (tertiary/aromatic N) is 1. The highest BCUT2D eigenvalue weighted by Crippen LogP contribution is 2.25. The van der Waals surface area contributed by atoms with Gasteiger partial charge in [0.2, 0.25) is 0 Å². The fraction of sp³-hybridized carbons (Fsp3) is 1.00. The van der Waals surface area contributed by atoms with Crippen molar-refractivity contribution in [3.05, 3.63) is 0 Å². The third kappa shape index (κ3) is 6.08. The van der Waals surface area contributed by atoms with Crippen molar-refractivity contribution < 1.29 is 9.84 Å². The van der Waals surface area contributed by atoms with E-state index in [2.05, 4.69) is 37.9 Å². The van der Waals surface area contributed by atoms with Gasteiger partial charge in [0.15, 0.2) is 0 Å². The number of aliphatic hydroxyl groups is 1. The van der Waals surface area contributed by atoms with E-state index in [9.17, 15) is 5.11 Å². The number of hydrogen-bond donors (Lipinski definition) is 2. The Morgan fingerprint density at radius 1 is 1.30 bits per heavy atom. The minimum Gasteiger partial charge on any atom is -0.394 e. The van der Waals surface area contributed by atoms with Crippen molar-refractivity contribution >= 4 is 0 Å². The predicted octanol–water partition coefficient (Wildman–Crippen LogP) is 1.87. The molecule has 3 unspecified atom stereocenters. The van der Waals surface area contributed by atoms with Crippen molar-refractivity contribution in [2.24, 2.45) is 5.41 Å². The van der Waals surface area contributed by atoms with E-state index in [1.165, 1.54) is 19.3 Å². The molecular weight excluding hydrogens is 252 g/mol. The minimum atomic E-state index is -0.0202. The van der Waals surface area contributed by atoms with Gasteiger partial charge in [-0.1, -0.05) is 27.2 Å². The molecule has 20 heavy (non-hydrogen) atoms. The first-order valence-electron chi connectivity index (χ1n) is 8.22. The van der Waals surface area contributed by atoms with Crippen molar-refractivity contribution in [1.29, 1.82) is 0 Å². The maximum Gasteiger partial charge on any atom is 0.0936 e. The van der Waals surface area contributed by atoms with E-state index in [4.69, 9.17) is 4.74 Å². The highest BCUT2D eigenvalue weighted by Gasteiger charge is 2.31. The Hall–Kier alpha value is -0.160. The van der Waals surface area contributed by atoms with E-state index in [0.29, 0.717) is 5.41 Å². The summed E-state index contributed by atoms with van der Waals surface area (Å²) in [5.41, 5.74) is 0.307. The number of aliphatic hydroxyl groups excluding tert-OH is 1. The average Bonchev–Trinajstić information content (AvgIpc) is 2.38. The van der Waals surface area contributed by atoms with Crippen LogP contribution in [0.15, 0.2) is 0 Å². The molecule has 1 aliphatic heterocycles. The first-order chi connectivity index (χ1) is 9.53. The molecule has 0 radical (unpaired) electrons. The molecule has 0 aromatic heterocycles. The normalized spacial score (nSPS) is 27.4. The van der Waals surface area contributed by atoms with Gasteiger partial charge < -0.3 is 15.2 Å². The molecule has 0 amide bonds. The molecule has 1 saturated heterocycles. The van der Waals surface area contributed by atoms with Crippen LogP contribution in [0.2, 0.25) is 0 Å². The summed E-state index contributed by atoms with van der Waals surface area (Å²) in [6, 6.07) is 0. The summed E-state index contributed by atoms with van der Waals surface area (Å²) < 4.78 is 5.73. The fourth-order valence-electron chi connectivity index (χ4n) is 3.30. The molecule has 0 saturated carbocycles. The van der Waals surface area contributed by atoms with Crippen LogP contribution in [0.4, 0.5) is 0 Å². The molecule has 1 heterocycles. The average molecular weight is 286 g/mol. The van der Waals surface area contributed by atoms with Gasteiger partial charge in [-0.15, -0.1) is 0 Å². The molecule has 4 heteroatoms. The monoisotopic (exact) mass is 286 g/mol. The van der Waals surface area contributed by atoms with Gasteiger partial charge >= 0.3 is 0 Å². The molecule has 0 aromatic rings. The lowest BCUT2D eigenvalue weighted by molar-refractivity contribution is -0.102. The second kappa shape index (κ2) is 8.98. The molecule has 1 aliphatic rings. The molecule has 4 nitrogen and oxygen atoms in total. The van der Waals surface area contributed by atoms with Crippen molar-refractivity contribution in [2.45, 2.75) is 59.2 Å². The van der Waals surface area contributed by atoms with Crippen LogP contribution in [0.3, 0.4) is 0 Å². The zero-order valence-electron chi connectivity index (χ0n) is 13.8. The Labute approximate surface area is 124 Å². The van der Waals surface area contributed by atoms with E-state index < -0.39 is 0 Å². The van der Waals surface area contributed by atoms with Gasteiger partial charge in [0.05, 0.1) is 18.8 Å². The minimum absolute atomic E-state index is 0.0202. The van der Waals surface area contributed by atoms with Crippen LogP contribution >= 0.6 is 0 Å². The van der Waals surface area contributed by atoms with Gasteiger partial charge in [-0.3, -0.25) is 4.90 Å². The Kier molecular flexibility index (Phi) is 8.03. The van der Waals surface area contributed by atoms with Crippen LogP contribution in [-0.4, -0.2) is 61.5 Å². The van der Waals surface area contributed by atoms with Gasteiger partial charge in [0.1, 0.15) is 0 Å². The van der Waals surface area contributed by atoms with E-state index in [1.807, 2.05) is 0 Å². The number of ether oxygens (including phenoxy) is 1. The SMILES string of the molecule is CCCNCC(C)(CCC)CN1CC(C)OC(CO)C1. The second-order valence-corrected chi connectivity index (χ2v) is 6.68. The molecule has 3 atom stereocenters. The third-order valence-corrected chi connectivity index (χ3v) is 4.04. The Bertz CT molecular complexity index is 263. The lowest BCUT2D eigenvalue weighted by Gasteiger charge is -2.41. The van der Waals surface area contributed by atoms with E-state index >= 15 is 0 Å². The molecule has 1 rings (SSSR count). The van der Waals surface area contributed by atoms with Crippen molar-refractivity contribution in [2.75, 3.05) is 39.3 Å². The summed E-state index contributed by atoms with van der Waals surface area (Å²) in [4.78, 5) is 2.47. The largest absolute Gasteiger partial charge is 0.394 e. The third-order valence-electron chi connectivity index (χ3n) is 4.04. The molecule has 120 valence electrons. The highest BCUT2D eigenvalue weighted by molar-refractivity contribution is 4.84. The number of nitrogens with one attached hydrogen (secondary N) is 1. The molecule has 0 spiro atoms. The van der Waals surface area contributed by atoms with E-state index in [-0.39, 0.29) is 18.8 Å². The lowest BCUT2D eigenvalue weighted by Crippen LogP contribution is -2.52. The van der Waals surface area contributed by atoms with E-state index in [0.717, 1.165) is 32.7 Å². The topological polar surface area (TPSA) is 44.7 Å².